The molecule has 7 heteroatoms. The predicted octanol–water partition coefficient (Wildman–Crippen LogP) is 2.98. The smallest absolute Gasteiger partial charge is 0.261 e. The molecular formula is C19H24N4O2S. The lowest BCUT2D eigenvalue weighted by atomic mass is 10.0. The first-order valence-corrected chi connectivity index (χ1v) is 9.24. The molecule has 3 aromatic rings. The number of benzene rings is 1. The van der Waals surface area contributed by atoms with Crippen molar-refractivity contribution in [1.82, 2.24) is 20.0 Å². The number of para-hydroxylation sites is 1. The number of aryl methyl sites for hydroxylation is 2. The summed E-state index contributed by atoms with van der Waals surface area (Å²) in [6.45, 7) is 2.46. The Morgan fingerprint density at radius 1 is 1.38 bits per heavy atom. The molecule has 0 saturated carbocycles. The van der Waals surface area contributed by atoms with Crippen LogP contribution in [-0.4, -0.2) is 48.3 Å². The summed E-state index contributed by atoms with van der Waals surface area (Å²) >= 11 is 1.47. The van der Waals surface area contributed by atoms with E-state index in [0.29, 0.717) is 11.4 Å². The van der Waals surface area contributed by atoms with Gasteiger partial charge in [0.15, 0.2) is 0 Å². The quantitative estimate of drug-likeness (QED) is 0.723. The number of aromatic nitrogens is 2. The minimum atomic E-state index is -0.0626. The maximum Gasteiger partial charge on any atom is 0.261 e. The van der Waals surface area contributed by atoms with Crippen molar-refractivity contribution in [3.63, 3.8) is 0 Å². The van der Waals surface area contributed by atoms with Crippen molar-refractivity contribution < 1.29 is 9.53 Å². The Bertz CT molecular complexity index is 894. The van der Waals surface area contributed by atoms with E-state index in [0.717, 1.165) is 27.2 Å². The van der Waals surface area contributed by atoms with Crippen LogP contribution in [0.2, 0.25) is 0 Å². The average molecular weight is 372 g/mol. The van der Waals surface area contributed by atoms with E-state index < -0.39 is 0 Å². The minimum absolute atomic E-state index is 0.0212. The third-order valence-electron chi connectivity index (χ3n) is 4.50. The van der Waals surface area contributed by atoms with Crippen molar-refractivity contribution in [3.05, 3.63) is 46.5 Å². The molecule has 0 aliphatic carbocycles. The Morgan fingerprint density at radius 2 is 2.12 bits per heavy atom. The average Bonchev–Trinajstić information content (AvgIpc) is 3.17. The molecule has 0 aliphatic rings. The molecule has 2 aromatic heterocycles. The molecule has 1 aromatic carbocycles. The molecule has 1 atom stereocenters. The highest BCUT2D eigenvalue weighted by Gasteiger charge is 2.21. The number of hydrogen-bond acceptors (Lipinski definition) is 5. The van der Waals surface area contributed by atoms with E-state index in [4.69, 9.17) is 4.74 Å². The van der Waals surface area contributed by atoms with E-state index in [1.54, 1.807) is 7.11 Å². The number of likely N-dealkylation sites (N-methyl/N-ethyl adjacent to an activating group) is 1. The Morgan fingerprint density at radius 3 is 2.77 bits per heavy atom. The summed E-state index contributed by atoms with van der Waals surface area (Å²) in [6, 6.07) is 9.84. The van der Waals surface area contributed by atoms with Crippen molar-refractivity contribution >= 4 is 27.5 Å². The van der Waals surface area contributed by atoms with Gasteiger partial charge in [0.2, 0.25) is 0 Å². The van der Waals surface area contributed by atoms with Gasteiger partial charge in [0.1, 0.15) is 10.6 Å². The molecule has 0 radical (unpaired) electrons. The Labute approximate surface area is 157 Å². The molecule has 0 fully saturated rings. The molecule has 0 bridgehead atoms. The van der Waals surface area contributed by atoms with Crippen molar-refractivity contribution in [2.45, 2.75) is 13.0 Å². The van der Waals surface area contributed by atoms with Crippen LogP contribution < -0.4 is 10.1 Å². The van der Waals surface area contributed by atoms with Gasteiger partial charge < -0.3 is 15.0 Å². The van der Waals surface area contributed by atoms with Crippen LogP contribution in [0.15, 0.2) is 30.3 Å². The second-order valence-electron chi connectivity index (χ2n) is 6.47. The lowest BCUT2D eigenvalue weighted by molar-refractivity contribution is 0.0945. The van der Waals surface area contributed by atoms with E-state index in [1.807, 2.05) is 63.1 Å². The van der Waals surface area contributed by atoms with Crippen LogP contribution >= 0.6 is 11.3 Å². The molecule has 1 N–H and O–H groups in total. The van der Waals surface area contributed by atoms with Crippen LogP contribution in [0.25, 0.3) is 10.2 Å². The van der Waals surface area contributed by atoms with Crippen LogP contribution in [0.3, 0.4) is 0 Å². The van der Waals surface area contributed by atoms with Gasteiger partial charge in [-0.15, -0.1) is 11.3 Å². The molecule has 0 spiro atoms. The summed E-state index contributed by atoms with van der Waals surface area (Å²) in [5.74, 6) is 0.761. The number of nitrogens with one attached hydrogen (secondary N) is 1. The molecule has 3 rings (SSSR count). The van der Waals surface area contributed by atoms with Crippen LogP contribution in [0.1, 0.15) is 27.0 Å². The number of fused-ring (bicyclic) bond motifs is 1. The molecule has 0 aliphatic heterocycles. The van der Waals surface area contributed by atoms with Crippen LogP contribution in [0.5, 0.6) is 5.75 Å². The van der Waals surface area contributed by atoms with E-state index in [1.165, 1.54) is 11.3 Å². The number of carbonyl (C=O) groups is 1. The third kappa shape index (κ3) is 3.45. The predicted molar refractivity (Wildman–Crippen MR) is 105 cm³/mol. The van der Waals surface area contributed by atoms with Gasteiger partial charge in [0.25, 0.3) is 5.91 Å². The second kappa shape index (κ2) is 7.47. The zero-order valence-electron chi connectivity index (χ0n) is 15.7. The summed E-state index contributed by atoms with van der Waals surface area (Å²) in [7, 11) is 7.56. The lowest BCUT2D eigenvalue weighted by Crippen LogP contribution is -2.34. The Kier molecular flexibility index (Phi) is 5.29. The number of thiophene rings is 1. The first-order valence-electron chi connectivity index (χ1n) is 8.43. The van der Waals surface area contributed by atoms with Crippen LogP contribution in [0, 0.1) is 6.92 Å². The van der Waals surface area contributed by atoms with Gasteiger partial charge >= 0.3 is 0 Å². The van der Waals surface area contributed by atoms with Crippen LogP contribution in [-0.2, 0) is 7.05 Å². The second-order valence-corrected chi connectivity index (χ2v) is 7.50. The van der Waals surface area contributed by atoms with Crippen molar-refractivity contribution in [1.29, 1.82) is 0 Å². The van der Waals surface area contributed by atoms with E-state index in [-0.39, 0.29) is 11.9 Å². The molecule has 2 heterocycles. The van der Waals surface area contributed by atoms with Gasteiger partial charge in [0, 0.05) is 24.5 Å². The van der Waals surface area contributed by atoms with Gasteiger partial charge in [-0.05, 0) is 33.2 Å². The molecule has 26 heavy (non-hydrogen) atoms. The van der Waals surface area contributed by atoms with Crippen molar-refractivity contribution in [2.75, 3.05) is 27.7 Å². The number of amides is 1. The normalized spacial score (nSPS) is 12.5. The maximum absolute atomic E-state index is 12.7. The maximum atomic E-state index is 12.7. The summed E-state index contributed by atoms with van der Waals surface area (Å²) in [5, 5.41) is 8.48. The number of methoxy groups -OCH3 is 1. The Hall–Kier alpha value is -2.38. The van der Waals surface area contributed by atoms with Crippen molar-refractivity contribution in [3.8, 4) is 5.75 Å². The highest BCUT2D eigenvalue weighted by atomic mass is 32.1. The minimum Gasteiger partial charge on any atom is -0.496 e. The summed E-state index contributed by atoms with van der Waals surface area (Å²) in [5.41, 5.74) is 2.00. The fourth-order valence-electron chi connectivity index (χ4n) is 3.11. The summed E-state index contributed by atoms with van der Waals surface area (Å²) in [6.07, 6.45) is 0. The van der Waals surface area contributed by atoms with Gasteiger partial charge in [-0.25, -0.2) is 0 Å². The standard InChI is InChI=1S/C19H24N4O2S/c1-12-14-10-17(26-19(14)23(4)21-12)18(24)20-11-15(22(2)3)13-8-6-7-9-16(13)25-5/h6-10,15H,11H2,1-5H3,(H,20,24). The molecule has 138 valence electrons. The highest BCUT2D eigenvalue weighted by Crippen LogP contribution is 2.29. The SMILES string of the molecule is COc1ccccc1C(CNC(=O)c1cc2c(C)nn(C)c2s1)N(C)C. The largest absolute Gasteiger partial charge is 0.496 e. The molecule has 1 amide bonds. The molecular weight excluding hydrogens is 348 g/mol. The van der Waals surface area contributed by atoms with E-state index >= 15 is 0 Å². The van der Waals surface area contributed by atoms with Gasteiger partial charge in [-0.3, -0.25) is 9.48 Å². The zero-order valence-corrected chi connectivity index (χ0v) is 16.6. The summed E-state index contributed by atoms with van der Waals surface area (Å²) in [4.78, 5) is 16.5. The Balaban J connectivity index is 1.78. The first-order chi connectivity index (χ1) is 12.4. The summed E-state index contributed by atoms with van der Waals surface area (Å²) < 4.78 is 7.30. The highest BCUT2D eigenvalue weighted by molar-refractivity contribution is 7.20. The van der Waals surface area contributed by atoms with Crippen molar-refractivity contribution in [2.24, 2.45) is 7.05 Å². The molecule has 6 nitrogen and oxygen atoms in total. The van der Waals surface area contributed by atoms with Gasteiger partial charge in [-0.2, -0.15) is 5.10 Å². The van der Waals surface area contributed by atoms with Crippen LogP contribution in [0.4, 0.5) is 0 Å². The fourth-order valence-corrected chi connectivity index (χ4v) is 4.15. The monoisotopic (exact) mass is 372 g/mol. The fraction of sp³-hybridized carbons (Fsp3) is 0.368. The first kappa shape index (κ1) is 18.4. The lowest BCUT2D eigenvalue weighted by Gasteiger charge is -2.26. The number of rotatable bonds is 6. The van der Waals surface area contributed by atoms with E-state index in [2.05, 4.69) is 15.3 Å². The topological polar surface area (TPSA) is 59.4 Å². The third-order valence-corrected chi connectivity index (χ3v) is 5.70. The molecule has 0 saturated heterocycles. The number of hydrogen-bond donors (Lipinski definition) is 1. The number of carbonyl (C=O) groups excluding carboxylic acids is 1. The van der Waals surface area contributed by atoms with E-state index in [9.17, 15) is 4.79 Å². The zero-order chi connectivity index (χ0) is 18.8. The molecule has 1 unspecified atom stereocenters. The van der Waals surface area contributed by atoms with Gasteiger partial charge in [0.05, 0.1) is 23.7 Å². The van der Waals surface area contributed by atoms with Gasteiger partial charge in [-0.1, -0.05) is 18.2 Å². The number of nitrogens with zero attached hydrogens (tertiary/aromatic N) is 3. The number of ether oxygens (including phenoxy) is 1.